The second-order valence-electron chi connectivity index (χ2n) is 13.2. The predicted molar refractivity (Wildman–Crippen MR) is 170 cm³/mol. The molecule has 0 aromatic heterocycles. The Balaban J connectivity index is 0. The molecule has 0 aromatic carbocycles. The molecule has 0 bridgehead atoms. The minimum absolute atomic E-state index is 0.0103. The van der Waals surface area contributed by atoms with Crippen LogP contribution in [-0.4, -0.2) is 72.0 Å². The number of nitrogens with one attached hydrogen (secondary N) is 1. The third kappa shape index (κ3) is 12.7. The molecule has 3 atom stereocenters. The first-order valence-electron chi connectivity index (χ1n) is 14.7. The number of hydrogen-bond acceptors (Lipinski definition) is 6. The Morgan fingerprint density at radius 1 is 0.951 bits per heavy atom. The Morgan fingerprint density at radius 3 is 1.80 bits per heavy atom. The van der Waals surface area contributed by atoms with E-state index in [0.717, 1.165) is 0 Å². The van der Waals surface area contributed by atoms with Crippen LogP contribution in [0.5, 0.6) is 0 Å². The van der Waals surface area contributed by atoms with Crippen LogP contribution < -0.4 is 5.32 Å². The van der Waals surface area contributed by atoms with E-state index in [1.165, 1.54) is 0 Å². The van der Waals surface area contributed by atoms with Gasteiger partial charge >= 0.3 is 5.97 Å². The van der Waals surface area contributed by atoms with Gasteiger partial charge in [-0.15, -0.1) is 6.58 Å². The zero-order valence-electron chi connectivity index (χ0n) is 29.0. The second kappa shape index (κ2) is 16.6. The molecule has 238 valence electrons. The summed E-state index contributed by atoms with van der Waals surface area (Å²) in [4.78, 5) is 43.5. The molecule has 1 N–H and O–H groups in total. The van der Waals surface area contributed by atoms with Gasteiger partial charge in [0.15, 0.2) is 5.88 Å². The molecule has 0 aliphatic carbocycles. The highest BCUT2D eigenvalue weighted by Crippen LogP contribution is 2.31. The van der Waals surface area contributed by atoms with E-state index in [1.54, 1.807) is 49.9 Å². The van der Waals surface area contributed by atoms with E-state index < -0.39 is 34.5 Å². The van der Waals surface area contributed by atoms with Gasteiger partial charge in [0.1, 0.15) is 17.7 Å². The van der Waals surface area contributed by atoms with E-state index in [-0.39, 0.29) is 30.4 Å². The van der Waals surface area contributed by atoms with Crippen molar-refractivity contribution in [1.29, 1.82) is 0 Å². The van der Waals surface area contributed by atoms with Crippen LogP contribution in [0.3, 0.4) is 0 Å². The lowest BCUT2D eigenvalue weighted by Crippen LogP contribution is -2.61. The molecular weight excluding hydrogens is 518 g/mol. The minimum Gasteiger partial charge on any atom is -0.474 e. The minimum atomic E-state index is -0.846. The predicted octanol–water partition coefficient (Wildman–Crippen LogP) is 6.33. The summed E-state index contributed by atoms with van der Waals surface area (Å²) < 4.78 is 11.1. The van der Waals surface area contributed by atoms with Crippen molar-refractivity contribution >= 4 is 17.8 Å². The number of rotatable bonds is 13. The van der Waals surface area contributed by atoms with Crippen LogP contribution in [0.15, 0.2) is 36.8 Å². The van der Waals surface area contributed by atoms with Gasteiger partial charge in [-0.05, 0) is 52.5 Å². The summed E-state index contributed by atoms with van der Waals surface area (Å²) in [6, 6.07) is -1.98. The lowest BCUT2D eigenvalue weighted by molar-refractivity contribution is -0.142. The zero-order valence-corrected chi connectivity index (χ0v) is 29.0. The van der Waals surface area contributed by atoms with Crippen LogP contribution in [0.4, 0.5) is 0 Å². The Morgan fingerprint density at radius 2 is 1.44 bits per heavy atom. The maximum atomic E-state index is 14.0. The number of esters is 1. The standard InChI is InChI=1S/C31H55N3O5.C2H6/c1-17-31(13,14)25(33(15)22(6)39-30(10,11)12)26(35)32-24(29(7,8)9)27(36)34(16)23(20(3)4)19-21(5)28(37)38-18-2;1-2/h17,19-20,23-25H,1,6,18H2,2-5,7-16H3,(H,32,35);1-2H3/b21-19+;/t23-,24-,25?;/m1./s1. The van der Waals surface area contributed by atoms with Crippen molar-refractivity contribution in [3.8, 4) is 0 Å². The summed E-state index contributed by atoms with van der Waals surface area (Å²) in [5.41, 5.74) is -1.36. The topological polar surface area (TPSA) is 88.2 Å². The Kier molecular flexibility index (Phi) is 16.4. The smallest absolute Gasteiger partial charge is 0.333 e. The number of hydrogen-bond donors (Lipinski definition) is 1. The maximum absolute atomic E-state index is 14.0. The van der Waals surface area contributed by atoms with Crippen molar-refractivity contribution in [2.24, 2.45) is 16.7 Å². The van der Waals surface area contributed by atoms with Crippen LogP contribution in [0, 0.1) is 16.7 Å². The van der Waals surface area contributed by atoms with Crippen molar-refractivity contribution in [2.75, 3.05) is 20.7 Å². The zero-order chi connectivity index (χ0) is 33.1. The first kappa shape index (κ1) is 40.4. The summed E-state index contributed by atoms with van der Waals surface area (Å²) in [5.74, 6) is -0.670. The molecule has 0 spiro atoms. The summed E-state index contributed by atoms with van der Waals surface area (Å²) in [6.45, 7) is 34.9. The summed E-state index contributed by atoms with van der Waals surface area (Å²) in [6.07, 6.45) is 3.48. The first-order chi connectivity index (χ1) is 18.5. The molecule has 41 heavy (non-hydrogen) atoms. The highest BCUT2D eigenvalue weighted by Gasteiger charge is 2.43. The van der Waals surface area contributed by atoms with Gasteiger partial charge in [-0.2, -0.15) is 0 Å². The lowest BCUT2D eigenvalue weighted by Gasteiger charge is -2.42. The second-order valence-corrected chi connectivity index (χ2v) is 13.2. The molecule has 0 aromatic rings. The number of amides is 2. The Bertz CT molecular complexity index is 922. The molecule has 8 heteroatoms. The van der Waals surface area contributed by atoms with Crippen LogP contribution in [0.2, 0.25) is 0 Å². The molecule has 8 nitrogen and oxygen atoms in total. The summed E-state index contributed by atoms with van der Waals surface area (Å²) in [7, 11) is 3.45. The average molecular weight is 580 g/mol. The average Bonchev–Trinajstić information content (AvgIpc) is 2.84. The van der Waals surface area contributed by atoms with Crippen LogP contribution in [0.25, 0.3) is 0 Å². The van der Waals surface area contributed by atoms with Crippen LogP contribution in [-0.2, 0) is 23.9 Å². The number of likely N-dealkylation sites (N-methyl/N-ethyl adjacent to an activating group) is 2. The van der Waals surface area contributed by atoms with E-state index in [4.69, 9.17) is 9.47 Å². The first-order valence-corrected chi connectivity index (χ1v) is 14.7. The maximum Gasteiger partial charge on any atom is 0.333 e. The Labute approximate surface area is 251 Å². The van der Waals surface area contributed by atoms with E-state index in [9.17, 15) is 14.4 Å². The van der Waals surface area contributed by atoms with Crippen molar-refractivity contribution in [2.45, 2.75) is 121 Å². The lowest BCUT2D eigenvalue weighted by atomic mass is 9.81. The van der Waals surface area contributed by atoms with Crippen molar-refractivity contribution < 1.29 is 23.9 Å². The fraction of sp³-hybridized carbons (Fsp3) is 0.727. The summed E-state index contributed by atoms with van der Waals surface area (Å²) in [5, 5.41) is 3.04. The van der Waals surface area contributed by atoms with Gasteiger partial charge in [0, 0.05) is 25.1 Å². The molecule has 0 saturated heterocycles. The SMILES string of the molecule is C=CC(C)(C)C(C(=O)N[C@H](C(=O)N(C)[C@H](/C=C(\C)C(=O)OCC)C(C)C)C(C)(C)C)N(C)C(=C)OC(C)(C)C.CC. The fourth-order valence-electron chi connectivity index (χ4n) is 4.23. The van der Waals surface area contributed by atoms with Gasteiger partial charge in [-0.1, -0.05) is 74.5 Å². The monoisotopic (exact) mass is 579 g/mol. The van der Waals surface area contributed by atoms with Gasteiger partial charge < -0.3 is 24.6 Å². The molecular formula is C33H61N3O5. The highest BCUT2D eigenvalue weighted by molar-refractivity contribution is 5.91. The third-order valence-electron chi connectivity index (χ3n) is 6.58. The highest BCUT2D eigenvalue weighted by atomic mass is 16.5. The van der Waals surface area contributed by atoms with Crippen molar-refractivity contribution in [3.63, 3.8) is 0 Å². The van der Waals surface area contributed by atoms with Crippen molar-refractivity contribution in [1.82, 2.24) is 15.1 Å². The van der Waals surface area contributed by atoms with E-state index in [2.05, 4.69) is 18.5 Å². The third-order valence-corrected chi connectivity index (χ3v) is 6.58. The molecule has 0 radical (unpaired) electrons. The van der Waals surface area contributed by atoms with Gasteiger partial charge in [-0.25, -0.2) is 4.79 Å². The molecule has 0 fully saturated rings. The van der Waals surface area contributed by atoms with Crippen LogP contribution >= 0.6 is 0 Å². The van der Waals surface area contributed by atoms with E-state index in [1.807, 2.05) is 83.1 Å². The molecule has 0 rings (SSSR count). The largest absolute Gasteiger partial charge is 0.474 e. The normalized spacial score (nSPS) is 14.5. The fourth-order valence-corrected chi connectivity index (χ4v) is 4.23. The molecule has 0 saturated carbocycles. The number of nitrogens with zero attached hydrogens (tertiary/aromatic N) is 2. The molecule has 0 heterocycles. The van der Waals surface area contributed by atoms with E-state index >= 15 is 0 Å². The molecule has 1 unspecified atom stereocenters. The summed E-state index contributed by atoms with van der Waals surface area (Å²) >= 11 is 0. The van der Waals surface area contributed by atoms with Crippen LogP contribution in [0.1, 0.15) is 96.9 Å². The van der Waals surface area contributed by atoms with Gasteiger partial charge in [-0.3, -0.25) is 9.59 Å². The van der Waals surface area contributed by atoms with Gasteiger partial charge in [0.2, 0.25) is 11.8 Å². The molecule has 0 aliphatic heterocycles. The number of carbonyl (C=O) groups excluding carboxylic acids is 3. The molecule has 0 aliphatic rings. The van der Waals surface area contributed by atoms with E-state index in [0.29, 0.717) is 11.5 Å². The Hall–Kier alpha value is -2.77. The van der Waals surface area contributed by atoms with Crippen molar-refractivity contribution in [3.05, 3.63) is 36.8 Å². The molecule has 2 amide bonds. The van der Waals surface area contributed by atoms with Gasteiger partial charge in [0.25, 0.3) is 0 Å². The van der Waals surface area contributed by atoms with Gasteiger partial charge in [0.05, 0.1) is 12.6 Å². The number of carbonyl (C=O) groups is 3. The quantitative estimate of drug-likeness (QED) is 0.119. The number of ether oxygens (including phenoxy) is 2.